The molecule has 0 bridgehead atoms. The number of aromatic nitrogens is 1. The van der Waals surface area contributed by atoms with Gasteiger partial charge in [0.05, 0.1) is 17.3 Å². The van der Waals surface area contributed by atoms with E-state index in [1.54, 1.807) is 17.4 Å². The minimum absolute atomic E-state index is 0.639. The fourth-order valence-corrected chi connectivity index (χ4v) is 2.92. The Morgan fingerprint density at radius 1 is 1.05 bits per heavy atom. The Kier molecular flexibility index (Phi) is 3.51. The number of hydrogen-bond acceptors (Lipinski definition) is 3. The van der Waals surface area contributed by atoms with E-state index >= 15 is 0 Å². The van der Waals surface area contributed by atoms with E-state index in [1.165, 1.54) is 0 Å². The number of thiazole rings is 1. The van der Waals surface area contributed by atoms with E-state index in [4.69, 9.17) is 16.9 Å². The molecule has 2 aromatic carbocycles. The van der Waals surface area contributed by atoms with Gasteiger partial charge in [0.15, 0.2) is 0 Å². The molecule has 0 aliphatic carbocycles. The minimum atomic E-state index is 0.639. The van der Waals surface area contributed by atoms with Gasteiger partial charge in [-0.05, 0) is 24.3 Å². The normalized spacial score (nSPS) is 10.2. The van der Waals surface area contributed by atoms with Crippen molar-refractivity contribution in [1.82, 2.24) is 4.98 Å². The van der Waals surface area contributed by atoms with E-state index in [9.17, 15) is 0 Å². The largest absolute Gasteiger partial charge is 0.236 e. The molecule has 0 aliphatic heterocycles. The van der Waals surface area contributed by atoms with Gasteiger partial charge >= 0.3 is 0 Å². The number of nitriles is 1. The first-order chi connectivity index (χ1) is 9.76. The molecule has 1 aromatic heterocycles. The molecule has 0 saturated carbocycles. The van der Waals surface area contributed by atoms with Crippen LogP contribution >= 0.6 is 22.9 Å². The lowest BCUT2D eigenvalue weighted by molar-refractivity contribution is 1.39. The molecule has 20 heavy (non-hydrogen) atoms. The molecule has 96 valence electrons. The van der Waals surface area contributed by atoms with E-state index < -0.39 is 0 Å². The van der Waals surface area contributed by atoms with Crippen LogP contribution < -0.4 is 0 Å². The number of nitrogens with zero attached hydrogens (tertiary/aromatic N) is 2. The monoisotopic (exact) mass is 296 g/mol. The molecule has 0 fully saturated rings. The average Bonchev–Trinajstić information content (AvgIpc) is 2.97. The standard InChI is InChI=1S/C16H9ClN2S/c17-14-6-2-5-13(8-14)16-19-15(10-20-16)12-4-1-3-11(7-12)9-18/h1-8,10H. The highest BCUT2D eigenvalue weighted by atomic mass is 35.5. The van der Waals surface area contributed by atoms with Crippen LogP contribution in [0.4, 0.5) is 0 Å². The smallest absolute Gasteiger partial charge is 0.124 e. The first kappa shape index (κ1) is 12.9. The molecule has 2 nitrogen and oxygen atoms in total. The lowest BCUT2D eigenvalue weighted by Crippen LogP contribution is -1.81. The lowest BCUT2D eigenvalue weighted by atomic mass is 10.1. The van der Waals surface area contributed by atoms with Crippen LogP contribution in [-0.2, 0) is 0 Å². The van der Waals surface area contributed by atoms with E-state index in [-0.39, 0.29) is 0 Å². The highest BCUT2D eigenvalue weighted by Gasteiger charge is 2.07. The van der Waals surface area contributed by atoms with Gasteiger partial charge < -0.3 is 0 Å². The zero-order valence-corrected chi connectivity index (χ0v) is 11.9. The van der Waals surface area contributed by atoms with Crippen LogP contribution in [0.3, 0.4) is 0 Å². The van der Waals surface area contributed by atoms with Crippen molar-refractivity contribution in [2.24, 2.45) is 0 Å². The van der Waals surface area contributed by atoms with Crippen LogP contribution in [0.2, 0.25) is 5.02 Å². The quantitative estimate of drug-likeness (QED) is 0.667. The van der Waals surface area contributed by atoms with Gasteiger partial charge in [0.2, 0.25) is 0 Å². The molecule has 0 spiro atoms. The van der Waals surface area contributed by atoms with Crippen LogP contribution in [0.5, 0.6) is 0 Å². The Morgan fingerprint density at radius 3 is 2.65 bits per heavy atom. The van der Waals surface area contributed by atoms with Crippen LogP contribution in [0.25, 0.3) is 21.8 Å². The summed E-state index contributed by atoms with van der Waals surface area (Å²) in [5.41, 5.74) is 3.47. The first-order valence-corrected chi connectivity index (χ1v) is 7.24. The summed E-state index contributed by atoms with van der Waals surface area (Å²) in [5.74, 6) is 0. The maximum absolute atomic E-state index is 8.94. The van der Waals surface area contributed by atoms with E-state index in [0.717, 1.165) is 21.8 Å². The molecule has 3 rings (SSSR count). The highest BCUT2D eigenvalue weighted by Crippen LogP contribution is 2.30. The fraction of sp³-hybridized carbons (Fsp3) is 0. The summed E-state index contributed by atoms with van der Waals surface area (Å²) in [5, 5.41) is 12.6. The summed E-state index contributed by atoms with van der Waals surface area (Å²) in [6, 6.07) is 17.2. The van der Waals surface area contributed by atoms with E-state index in [1.807, 2.05) is 47.8 Å². The summed E-state index contributed by atoms with van der Waals surface area (Å²) in [6.45, 7) is 0. The van der Waals surface area contributed by atoms with E-state index in [0.29, 0.717) is 10.6 Å². The molecule has 0 aliphatic rings. The summed E-state index contributed by atoms with van der Waals surface area (Å²) < 4.78 is 0. The SMILES string of the molecule is N#Cc1cccc(-c2csc(-c3cccc(Cl)c3)n2)c1. The van der Waals surface area contributed by atoms with Crippen LogP contribution in [0.15, 0.2) is 53.9 Å². The van der Waals surface area contributed by atoms with Crippen molar-refractivity contribution in [1.29, 1.82) is 5.26 Å². The molecular weight excluding hydrogens is 288 g/mol. The molecule has 0 radical (unpaired) electrons. The molecule has 1 heterocycles. The molecule has 0 amide bonds. The van der Waals surface area contributed by atoms with Gasteiger partial charge in [0, 0.05) is 21.5 Å². The van der Waals surface area contributed by atoms with Crippen molar-refractivity contribution < 1.29 is 0 Å². The topological polar surface area (TPSA) is 36.7 Å². The summed E-state index contributed by atoms with van der Waals surface area (Å²) >= 11 is 7.57. The third kappa shape index (κ3) is 2.57. The molecular formula is C16H9ClN2S. The van der Waals surface area contributed by atoms with Gasteiger partial charge in [0.1, 0.15) is 5.01 Å². The molecule has 0 saturated heterocycles. The van der Waals surface area contributed by atoms with Gasteiger partial charge in [-0.15, -0.1) is 11.3 Å². The van der Waals surface area contributed by atoms with E-state index in [2.05, 4.69) is 11.1 Å². The van der Waals surface area contributed by atoms with Gasteiger partial charge in [-0.3, -0.25) is 0 Å². The van der Waals surface area contributed by atoms with Crippen LogP contribution in [0.1, 0.15) is 5.56 Å². The molecule has 3 aromatic rings. The van der Waals surface area contributed by atoms with Gasteiger partial charge in [-0.25, -0.2) is 4.98 Å². The zero-order chi connectivity index (χ0) is 13.9. The lowest BCUT2D eigenvalue weighted by Gasteiger charge is -1.98. The van der Waals surface area contributed by atoms with Gasteiger partial charge in [-0.2, -0.15) is 5.26 Å². The fourth-order valence-electron chi connectivity index (χ4n) is 1.91. The second-order valence-electron chi connectivity index (χ2n) is 4.24. The summed E-state index contributed by atoms with van der Waals surface area (Å²) in [7, 11) is 0. The van der Waals surface area contributed by atoms with Gasteiger partial charge in [0.25, 0.3) is 0 Å². The predicted octanol–water partition coefficient (Wildman–Crippen LogP) is 5.00. The minimum Gasteiger partial charge on any atom is -0.236 e. The maximum atomic E-state index is 8.94. The molecule has 0 atom stereocenters. The van der Waals surface area contributed by atoms with Crippen molar-refractivity contribution >= 4 is 22.9 Å². The zero-order valence-electron chi connectivity index (χ0n) is 10.4. The third-order valence-electron chi connectivity index (χ3n) is 2.86. The number of rotatable bonds is 2. The summed E-state index contributed by atoms with van der Waals surface area (Å²) in [6.07, 6.45) is 0. The Balaban J connectivity index is 2.00. The summed E-state index contributed by atoms with van der Waals surface area (Å²) in [4.78, 5) is 4.62. The maximum Gasteiger partial charge on any atom is 0.124 e. The Morgan fingerprint density at radius 2 is 1.85 bits per heavy atom. The van der Waals surface area contributed by atoms with Crippen molar-refractivity contribution in [2.45, 2.75) is 0 Å². The van der Waals surface area contributed by atoms with Gasteiger partial charge in [-0.1, -0.05) is 35.9 Å². The first-order valence-electron chi connectivity index (χ1n) is 5.98. The predicted molar refractivity (Wildman–Crippen MR) is 82.7 cm³/mol. The second-order valence-corrected chi connectivity index (χ2v) is 5.54. The van der Waals surface area contributed by atoms with Crippen molar-refractivity contribution in [2.75, 3.05) is 0 Å². The highest BCUT2D eigenvalue weighted by molar-refractivity contribution is 7.13. The van der Waals surface area contributed by atoms with Crippen molar-refractivity contribution in [3.8, 4) is 27.9 Å². The molecule has 4 heteroatoms. The Hall–Kier alpha value is -2.15. The van der Waals surface area contributed by atoms with Crippen LogP contribution in [0, 0.1) is 11.3 Å². The molecule has 0 N–H and O–H groups in total. The average molecular weight is 297 g/mol. The third-order valence-corrected chi connectivity index (χ3v) is 3.99. The molecule has 0 unspecified atom stereocenters. The second kappa shape index (κ2) is 5.46. The Labute approximate surface area is 125 Å². The number of halogens is 1. The van der Waals surface area contributed by atoms with Crippen molar-refractivity contribution in [3.05, 3.63) is 64.5 Å². The number of benzene rings is 2. The Bertz CT molecular complexity index is 802. The van der Waals surface area contributed by atoms with Crippen molar-refractivity contribution in [3.63, 3.8) is 0 Å². The van der Waals surface area contributed by atoms with Crippen LogP contribution in [-0.4, -0.2) is 4.98 Å². The number of hydrogen-bond donors (Lipinski definition) is 0.